The Morgan fingerprint density at radius 1 is 1.62 bits per heavy atom. The Kier molecular flexibility index (Phi) is 4.63. The van der Waals surface area contributed by atoms with Gasteiger partial charge in [-0.2, -0.15) is 0 Å². The second kappa shape index (κ2) is 5.76. The predicted octanol–water partition coefficient (Wildman–Crippen LogP) is 1.04. The molecule has 2 unspecified atom stereocenters. The molecule has 0 amide bonds. The fourth-order valence-corrected chi connectivity index (χ4v) is 1.43. The molecule has 0 spiro atoms. The molecule has 1 aromatic heterocycles. The van der Waals surface area contributed by atoms with E-state index in [2.05, 4.69) is 5.32 Å². The zero-order valence-corrected chi connectivity index (χ0v) is 9.95. The molecule has 0 aliphatic heterocycles. The molecule has 1 rings (SSSR count). The van der Waals surface area contributed by atoms with Crippen LogP contribution in [0.25, 0.3) is 0 Å². The lowest BCUT2D eigenvalue weighted by Gasteiger charge is -2.07. The number of hydrogen-bond donors (Lipinski definition) is 1. The zero-order chi connectivity index (χ0) is 12.1. The van der Waals surface area contributed by atoms with Crippen LogP contribution in [0.4, 0.5) is 5.88 Å². The third kappa shape index (κ3) is 3.74. The van der Waals surface area contributed by atoms with E-state index in [1.807, 2.05) is 6.92 Å². The molecule has 0 radical (unpaired) electrons. The van der Waals surface area contributed by atoms with E-state index in [4.69, 9.17) is 4.42 Å². The van der Waals surface area contributed by atoms with Crippen molar-refractivity contribution in [1.82, 2.24) is 5.32 Å². The van der Waals surface area contributed by atoms with E-state index < -0.39 is 15.7 Å². The van der Waals surface area contributed by atoms with Gasteiger partial charge in [-0.15, -0.1) is 0 Å². The van der Waals surface area contributed by atoms with Crippen LogP contribution in [-0.4, -0.2) is 27.2 Å². The maximum absolute atomic E-state index is 11.0. The molecule has 1 aromatic rings. The van der Waals surface area contributed by atoms with Crippen LogP contribution in [0, 0.1) is 10.1 Å². The Balaban J connectivity index is 2.37. The van der Waals surface area contributed by atoms with Crippen molar-refractivity contribution in [1.29, 1.82) is 0 Å². The SMILES string of the molecule is CC(CNCc1ccc([N+](=O)[O-])o1)S(C)=O. The average Bonchev–Trinajstić information content (AvgIpc) is 2.66. The fourth-order valence-electron chi connectivity index (χ4n) is 1.08. The first-order valence-electron chi connectivity index (χ1n) is 4.76. The van der Waals surface area contributed by atoms with Gasteiger partial charge in [0, 0.05) is 28.9 Å². The van der Waals surface area contributed by atoms with Gasteiger partial charge in [0.1, 0.15) is 10.7 Å². The van der Waals surface area contributed by atoms with Gasteiger partial charge in [0.15, 0.2) is 0 Å². The molecule has 1 heterocycles. The summed E-state index contributed by atoms with van der Waals surface area (Å²) in [6.45, 7) is 2.85. The van der Waals surface area contributed by atoms with Crippen LogP contribution in [0.2, 0.25) is 0 Å². The Bertz CT molecular complexity index is 391. The molecule has 0 fully saturated rings. The first-order chi connectivity index (χ1) is 7.50. The van der Waals surface area contributed by atoms with Crippen molar-refractivity contribution in [3.63, 3.8) is 0 Å². The molecular formula is C9H14N2O4S. The van der Waals surface area contributed by atoms with Crippen LogP contribution in [-0.2, 0) is 17.3 Å². The van der Waals surface area contributed by atoms with Gasteiger partial charge in [-0.1, -0.05) is 0 Å². The molecule has 0 aliphatic rings. The van der Waals surface area contributed by atoms with Crippen molar-refractivity contribution >= 4 is 16.7 Å². The van der Waals surface area contributed by atoms with Gasteiger partial charge in [-0.05, 0) is 13.0 Å². The average molecular weight is 246 g/mol. The summed E-state index contributed by atoms with van der Waals surface area (Å²) < 4.78 is 16.0. The van der Waals surface area contributed by atoms with E-state index >= 15 is 0 Å². The van der Waals surface area contributed by atoms with E-state index in [9.17, 15) is 14.3 Å². The van der Waals surface area contributed by atoms with E-state index in [0.717, 1.165) is 0 Å². The molecule has 2 atom stereocenters. The fraction of sp³-hybridized carbons (Fsp3) is 0.556. The minimum atomic E-state index is -0.872. The lowest BCUT2D eigenvalue weighted by Crippen LogP contribution is -2.26. The largest absolute Gasteiger partial charge is 0.433 e. The highest BCUT2D eigenvalue weighted by Gasteiger charge is 2.12. The number of nitro groups is 1. The van der Waals surface area contributed by atoms with Crippen molar-refractivity contribution < 1.29 is 13.5 Å². The normalized spacial score (nSPS) is 14.6. The molecule has 0 bridgehead atoms. The van der Waals surface area contributed by atoms with Crippen molar-refractivity contribution in [2.45, 2.75) is 18.7 Å². The van der Waals surface area contributed by atoms with Gasteiger partial charge in [0.05, 0.1) is 12.6 Å². The van der Waals surface area contributed by atoms with Crippen molar-refractivity contribution in [3.8, 4) is 0 Å². The number of hydrogen-bond acceptors (Lipinski definition) is 5. The van der Waals surface area contributed by atoms with E-state index in [-0.39, 0.29) is 11.1 Å². The van der Waals surface area contributed by atoms with Gasteiger partial charge in [0.2, 0.25) is 0 Å². The zero-order valence-electron chi connectivity index (χ0n) is 9.13. The Labute approximate surface area is 95.6 Å². The standard InChI is InChI=1S/C9H14N2O4S/c1-7(16(2)14)5-10-6-8-3-4-9(15-8)11(12)13/h3-4,7,10H,5-6H2,1-2H3. The molecule has 0 aromatic carbocycles. The molecule has 16 heavy (non-hydrogen) atoms. The maximum Gasteiger partial charge on any atom is 0.433 e. The number of furan rings is 1. The summed E-state index contributed by atoms with van der Waals surface area (Å²) in [7, 11) is -0.872. The third-order valence-corrected chi connectivity index (χ3v) is 3.43. The minimum Gasteiger partial charge on any atom is -0.404 e. The van der Waals surface area contributed by atoms with Gasteiger partial charge in [0.25, 0.3) is 0 Å². The quantitative estimate of drug-likeness (QED) is 0.599. The molecule has 90 valence electrons. The van der Waals surface area contributed by atoms with Crippen LogP contribution in [0.3, 0.4) is 0 Å². The Hall–Kier alpha value is -1.21. The summed E-state index contributed by atoms with van der Waals surface area (Å²) >= 11 is 0. The monoisotopic (exact) mass is 246 g/mol. The summed E-state index contributed by atoms with van der Waals surface area (Å²) in [5, 5.41) is 13.4. The molecule has 1 N–H and O–H groups in total. The summed E-state index contributed by atoms with van der Waals surface area (Å²) in [5.74, 6) is 0.240. The number of rotatable bonds is 6. The molecule has 0 saturated carbocycles. The molecule has 7 heteroatoms. The number of nitrogens with one attached hydrogen (secondary N) is 1. The Morgan fingerprint density at radius 2 is 2.31 bits per heavy atom. The van der Waals surface area contributed by atoms with E-state index in [1.165, 1.54) is 6.07 Å². The summed E-state index contributed by atoms with van der Waals surface area (Å²) in [4.78, 5) is 9.76. The highest BCUT2D eigenvalue weighted by atomic mass is 32.2. The van der Waals surface area contributed by atoms with Gasteiger partial charge in [-0.3, -0.25) is 14.3 Å². The topological polar surface area (TPSA) is 85.4 Å². The van der Waals surface area contributed by atoms with Crippen molar-refractivity contribution in [2.75, 3.05) is 12.8 Å². The molecular weight excluding hydrogens is 232 g/mol. The lowest BCUT2D eigenvalue weighted by molar-refractivity contribution is -0.402. The maximum atomic E-state index is 11.0. The lowest BCUT2D eigenvalue weighted by atomic mass is 10.4. The number of nitrogens with zero attached hydrogens (tertiary/aromatic N) is 1. The smallest absolute Gasteiger partial charge is 0.404 e. The highest BCUT2D eigenvalue weighted by Crippen LogP contribution is 2.15. The van der Waals surface area contributed by atoms with Crippen LogP contribution in [0.1, 0.15) is 12.7 Å². The molecule has 0 aliphatic carbocycles. The molecule has 0 saturated heterocycles. The van der Waals surface area contributed by atoms with Crippen molar-refractivity contribution in [3.05, 3.63) is 28.0 Å². The minimum absolute atomic E-state index is 0.0462. The second-order valence-electron chi connectivity index (χ2n) is 3.44. The van der Waals surface area contributed by atoms with Gasteiger partial charge >= 0.3 is 5.88 Å². The second-order valence-corrected chi connectivity index (χ2v) is 5.24. The van der Waals surface area contributed by atoms with E-state index in [0.29, 0.717) is 18.8 Å². The van der Waals surface area contributed by atoms with E-state index in [1.54, 1.807) is 12.3 Å². The van der Waals surface area contributed by atoms with Crippen LogP contribution in [0.15, 0.2) is 16.5 Å². The van der Waals surface area contributed by atoms with Crippen LogP contribution < -0.4 is 5.32 Å². The van der Waals surface area contributed by atoms with Gasteiger partial charge in [-0.25, -0.2) is 0 Å². The predicted molar refractivity (Wildman–Crippen MR) is 60.6 cm³/mol. The highest BCUT2D eigenvalue weighted by molar-refractivity contribution is 7.84. The van der Waals surface area contributed by atoms with Gasteiger partial charge < -0.3 is 9.73 Å². The summed E-state index contributed by atoms with van der Waals surface area (Å²) in [5.41, 5.74) is 0. The van der Waals surface area contributed by atoms with Crippen molar-refractivity contribution in [2.24, 2.45) is 0 Å². The third-order valence-electron chi connectivity index (χ3n) is 2.13. The van der Waals surface area contributed by atoms with Crippen LogP contribution >= 0.6 is 0 Å². The Morgan fingerprint density at radius 3 is 2.81 bits per heavy atom. The first-order valence-corrected chi connectivity index (χ1v) is 6.39. The summed E-state index contributed by atoms with van der Waals surface area (Å²) in [6, 6.07) is 2.87. The first kappa shape index (κ1) is 12.9. The van der Waals surface area contributed by atoms with Crippen LogP contribution in [0.5, 0.6) is 0 Å². The molecule has 6 nitrogen and oxygen atoms in total. The summed E-state index contributed by atoms with van der Waals surface area (Å²) in [6.07, 6.45) is 1.64.